The van der Waals surface area contributed by atoms with Crippen LogP contribution < -0.4 is 0 Å². The highest BCUT2D eigenvalue weighted by molar-refractivity contribution is 7.99. The maximum atomic E-state index is 6.05. The van der Waals surface area contributed by atoms with Gasteiger partial charge in [0.05, 0.1) is 6.20 Å². The van der Waals surface area contributed by atoms with Crippen LogP contribution in [0.3, 0.4) is 0 Å². The van der Waals surface area contributed by atoms with E-state index in [4.69, 9.17) is 11.6 Å². The number of rotatable bonds is 3. The number of fused-ring (bicyclic) bond motifs is 1. The Hall–Kier alpha value is -0.810. The highest BCUT2D eigenvalue weighted by Crippen LogP contribution is 2.23. The standard InChI is InChI=1S/C10H13ClN4S/c1-4-16-10-13-8-7(6(2)3)5-12-15(8)9(11)14-10/h5-6H,4H2,1-3H3. The average Bonchev–Trinajstić information content (AvgIpc) is 2.62. The fourth-order valence-corrected chi connectivity index (χ4v) is 2.26. The lowest BCUT2D eigenvalue weighted by Crippen LogP contribution is -1.99. The minimum Gasteiger partial charge on any atom is -0.202 e. The molecular weight excluding hydrogens is 244 g/mol. The summed E-state index contributed by atoms with van der Waals surface area (Å²) in [7, 11) is 0. The molecule has 0 radical (unpaired) electrons. The quantitative estimate of drug-likeness (QED) is 0.792. The fraction of sp³-hybridized carbons (Fsp3) is 0.500. The first kappa shape index (κ1) is 11.7. The molecule has 2 rings (SSSR count). The molecule has 0 aliphatic rings. The Labute approximate surface area is 103 Å². The van der Waals surface area contributed by atoms with E-state index in [0.717, 1.165) is 17.0 Å². The largest absolute Gasteiger partial charge is 0.228 e. The first-order valence-corrected chi connectivity index (χ1v) is 6.53. The molecule has 2 aromatic rings. The molecule has 2 heterocycles. The molecule has 0 fully saturated rings. The zero-order valence-corrected chi connectivity index (χ0v) is 11.0. The summed E-state index contributed by atoms with van der Waals surface area (Å²) in [5.74, 6) is 1.31. The van der Waals surface area contributed by atoms with Crippen LogP contribution in [0.15, 0.2) is 11.4 Å². The number of nitrogens with zero attached hydrogens (tertiary/aromatic N) is 4. The Morgan fingerprint density at radius 3 is 2.81 bits per heavy atom. The second-order valence-corrected chi connectivity index (χ2v) is 5.27. The maximum Gasteiger partial charge on any atom is 0.228 e. The van der Waals surface area contributed by atoms with Crippen molar-refractivity contribution in [2.24, 2.45) is 0 Å². The lowest BCUT2D eigenvalue weighted by atomic mass is 10.1. The Balaban J connectivity index is 2.61. The number of aromatic nitrogens is 4. The van der Waals surface area contributed by atoms with Gasteiger partial charge in [-0.25, -0.2) is 4.98 Å². The molecule has 0 aliphatic heterocycles. The third-order valence-electron chi connectivity index (χ3n) is 2.23. The van der Waals surface area contributed by atoms with Gasteiger partial charge in [-0.3, -0.25) is 0 Å². The molecule has 0 aliphatic carbocycles. The predicted molar refractivity (Wildman–Crippen MR) is 66.3 cm³/mol. The molecule has 0 bridgehead atoms. The van der Waals surface area contributed by atoms with Crippen molar-refractivity contribution < 1.29 is 0 Å². The van der Waals surface area contributed by atoms with Crippen LogP contribution in [0.1, 0.15) is 32.3 Å². The van der Waals surface area contributed by atoms with Crippen molar-refractivity contribution in [2.75, 3.05) is 5.75 Å². The summed E-state index contributed by atoms with van der Waals surface area (Å²) in [6.07, 6.45) is 1.81. The van der Waals surface area contributed by atoms with Crippen molar-refractivity contribution in [1.29, 1.82) is 0 Å². The average molecular weight is 257 g/mol. The molecule has 0 saturated carbocycles. The van der Waals surface area contributed by atoms with Crippen LogP contribution in [0.25, 0.3) is 5.65 Å². The van der Waals surface area contributed by atoms with Crippen LogP contribution in [0.5, 0.6) is 0 Å². The Kier molecular flexibility index (Phi) is 3.35. The monoisotopic (exact) mass is 256 g/mol. The van der Waals surface area contributed by atoms with Crippen molar-refractivity contribution in [3.63, 3.8) is 0 Å². The van der Waals surface area contributed by atoms with Gasteiger partial charge >= 0.3 is 0 Å². The normalized spacial score (nSPS) is 11.6. The molecule has 16 heavy (non-hydrogen) atoms. The number of hydrogen-bond donors (Lipinski definition) is 0. The number of halogens is 1. The molecule has 4 nitrogen and oxygen atoms in total. The second-order valence-electron chi connectivity index (χ2n) is 3.70. The van der Waals surface area contributed by atoms with Crippen LogP contribution in [-0.2, 0) is 0 Å². The summed E-state index contributed by atoms with van der Waals surface area (Å²) in [4.78, 5) is 8.66. The lowest BCUT2D eigenvalue weighted by molar-refractivity contribution is 0.827. The van der Waals surface area contributed by atoms with E-state index in [2.05, 4.69) is 35.8 Å². The topological polar surface area (TPSA) is 43.1 Å². The first-order valence-electron chi connectivity index (χ1n) is 5.17. The van der Waals surface area contributed by atoms with Gasteiger partial charge < -0.3 is 0 Å². The van der Waals surface area contributed by atoms with Gasteiger partial charge in [-0.2, -0.15) is 14.6 Å². The Morgan fingerprint density at radius 2 is 2.19 bits per heavy atom. The van der Waals surface area contributed by atoms with E-state index in [1.165, 1.54) is 0 Å². The summed E-state index contributed by atoms with van der Waals surface area (Å²) >= 11 is 7.63. The molecule has 0 atom stereocenters. The van der Waals surface area contributed by atoms with Crippen LogP contribution >= 0.6 is 23.4 Å². The predicted octanol–water partition coefficient (Wildman–Crippen LogP) is 3.01. The molecule has 0 unspecified atom stereocenters. The SMILES string of the molecule is CCSc1nc(Cl)n2ncc(C(C)C)c2n1. The zero-order chi connectivity index (χ0) is 11.7. The van der Waals surface area contributed by atoms with Crippen molar-refractivity contribution in [3.8, 4) is 0 Å². The summed E-state index contributed by atoms with van der Waals surface area (Å²) in [6, 6.07) is 0. The van der Waals surface area contributed by atoms with E-state index >= 15 is 0 Å². The molecule has 86 valence electrons. The summed E-state index contributed by atoms with van der Waals surface area (Å²) < 4.78 is 1.58. The summed E-state index contributed by atoms with van der Waals surface area (Å²) in [5, 5.41) is 5.27. The second kappa shape index (κ2) is 4.59. The first-order chi connectivity index (χ1) is 7.63. The molecule has 6 heteroatoms. The third-order valence-corrected chi connectivity index (χ3v) is 3.20. The number of hydrogen-bond acceptors (Lipinski definition) is 4. The fourth-order valence-electron chi connectivity index (χ4n) is 1.44. The minimum atomic E-state index is 0.368. The Bertz CT molecular complexity index is 509. The van der Waals surface area contributed by atoms with Crippen LogP contribution in [0.4, 0.5) is 0 Å². The highest BCUT2D eigenvalue weighted by atomic mass is 35.5. The van der Waals surface area contributed by atoms with Crippen molar-refractivity contribution >= 4 is 29.0 Å². The maximum absolute atomic E-state index is 6.05. The van der Waals surface area contributed by atoms with Gasteiger partial charge in [0.15, 0.2) is 10.8 Å². The van der Waals surface area contributed by atoms with Gasteiger partial charge in [-0.1, -0.05) is 32.5 Å². The van der Waals surface area contributed by atoms with Crippen LogP contribution in [0, 0.1) is 0 Å². The van der Waals surface area contributed by atoms with Crippen molar-refractivity contribution in [3.05, 3.63) is 17.0 Å². The van der Waals surface area contributed by atoms with Gasteiger partial charge in [0.25, 0.3) is 0 Å². The van der Waals surface area contributed by atoms with Crippen molar-refractivity contribution in [1.82, 2.24) is 19.6 Å². The third kappa shape index (κ3) is 2.01. The van der Waals surface area contributed by atoms with E-state index in [0.29, 0.717) is 16.4 Å². The van der Waals surface area contributed by atoms with Gasteiger partial charge in [-0.05, 0) is 23.3 Å². The van der Waals surface area contributed by atoms with Gasteiger partial charge in [0.1, 0.15) is 0 Å². The molecular formula is C10H13ClN4S. The molecule has 0 saturated heterocycles. The molecule has 0 spiro atoms. The molecule has 0 N–H and O–H groups in total. The Morgan fingerprint density at radius 1 is 1.44 bits per heavy atom. The van der Waals surface area contributed by atoms with E-state index < -0.39 is 0 Å². The van der Waals surface area contributed by atoms with E-state index in [1.807, 2.05) is 0 Å². The number of thioether (sulfide) groups is 1. The van der Waals surface area contributed by atoms with E-state index in [9.17, 15) is 0 Å². The lowest BCUT2D eigenvalue weighted by Gasteiger charge is -2.03. The van der Waals surface area contributed by atoms with Gasteiger partial charge in [0, 0.05) is 5.56 Å². The van der Waals surface area contributed by atoms with Gasteiger partial charge in [0.2, 0.25) is 5.28 Å². The minimum absolute atomic E-state index is 0.368. The summed E-state index contributed by atoms with van der Waals surface area (Å²) in [5.41, 5.74) is 1.91. The highest BCUT2D eigenvalue weighted by Gasteiger charge is 2.13. The van der Waals surface area contributed by atoms with Gasteiger partial charge in [-0.15, -0.1) is 0 Å². The van der Waals surface area contributed by atoms with E-state index in [1.54, 1.807) is 22.5 Å². The summed E-state index contributed by atoms with van der Waals surface area (Å²) in [6.45, 7) is 6.28. The molecule has 2 aromatic heterocycles. The zero-order valence-electron chi connectivity index (χ0n) is 9.44. The van der Waals surface area contributed by atoms with E-state index in [-0.39, 0.29) is 0 Å². The van der Waals surface area contributed by atoms with Crippen LogP contribution in [-0.4, -0.2) is 25.3 Å². The molecule has 0 aromatic carbocycles. The smallest absolute Gasteiger partial charge is 0.202 e. The van der Waals surface area contributed by atoms with Crippen molar-refractivity contribution in [2.45, 2.75) is 31.8 Å². The van der Waals surface area contributed by atoms with Crippen LogP contribution in [0.2, 0.25) is 5.28 Å². The molecule has 0 amide bonds.